The van der Waals surface area contributed by atoms with E-state index >= 15 is 0 Å². The molecule has 0 N–H and O–H groups in total. The Morgan fingerprint density at radius 3 is 2.68 bits per heavy atom. The molecule has 3 nitrogen and oxygen atoms in total. The first kappa shape index (κ1) is 13.7. The molecule has 0 atom stereocenters. The normalized spacial score (nSPS) is 10.5. The fourth-order valence-electron chi connectivity index (χ4n) is 1.94. The molecular weight excluding hydrogens is 262 g/mol. The maximum absolute atomic E-state index is 12.3. The standard InChI is InChI=1S/C15H16ClNO2/c1-3-17(10-12-6-4-5-11(2)9-12)15(18)13-7-8-14(16)19-13/h4-9H,3,10H2,1-2H3. The molecule has 1 heterocycles. The van der Waals surface area contributed by atoms with E-state index in [4.69, 9.17) is 16.0 Å². The molecule has 0 fully saturated rings. The van der Waals surface area contributed by atoms with Crippen molar-refractivity contribution in [3.8, 4) is 0 Å². The van der Waals surface area contributed by atoms with Gasteiger partial charge in [-0.2, -0.15) is 0 Å². The number of amides is 1. The summed E-state index contributed by atoms with van der Waals surface area (Å²) in [4.78, 5) is 14.0. The Kier molecular flexibility index (Phi) is 4.27. The van der Waals surface area contributed by atoms with E-state index in [2.05, 4.69) is 6.07 Å². The van der Waals surface area contributed by atoms with Gasteiger partial charge < -0.3 is 9.32 Å². The van der Waals surface area contributed by atoms with Crippen LogP contribution in [0.2, 0.25) is 5.22 Å². The summed E-state index contributed by atoms with van der Waals surface area (Å²) >= 11 is 5.70. The van der Waals surface area contributed by atoms with E-state index in [-0.39, 0.29) is 16.9 Å². The van der Waals surface area contributed by atoms with Gasteiger partial charge in [0.1, 0.15) is 0 Å². The SMILES string of the molecule is CCN(Cc1cccc(C)c1)C(=O)c1ccc(Cl)o1. The van der Waals surface area contributed by atoms with Gasteiger partial charge in [-0.1, -0.05) is 29.8 Å². The van der Waals surface area contributed by atoms with Crippen LogP contribution in [0.3, 0.4) is 0 Å². The molecule has 1 aromatic heterocycles. The molecule has 0 unspecified atom stereocenters. The van der Waals surface area contributed by atoms with Gasteiger partial charge in [-0.05, 0) is 43.1 Å². The molecular formula is C15H16ClNO2. The van der Waals surface area contributed by atoms with Gasteiger partial charge in [0, 0.05) is 13.1 Å². The van der Waals surface area contributed by atoms with Crippen LogP contribution in [0.15, 0.2) is 40.8 Å². The molecule has 100 valence electrons. The zero-order valence-electron chi connectivity index (χ0n) is 11.0. The lowest BCUT2D eigenvalue weighted by molar-refractivity contribution is 0.0720. The molecule has 0 saturated heterocycles. The summed E-state index contributed by atoms with van der Waals surface area (Å²) in [6.45, 7) is 5.16. The number of benzene rings is 1. The lowest BCUT2D eigenvalue weighted by atomic mass is 10.1. The summed E-state index contributed by atoms with van der Waals surface area (Å²) < 4.78 is 5.16. The van der Waals surface area contributed by atoms with Crippen LogP contribution < -0.4 is 0 Å². The number of carbonyl (C=O) groups excluding carboxylic acids is 1. The summed E-state index contributed by atoms with van der Waals surface area (Å²) in [5, 5.41) is 0.231. The Bertz CT molecular complexity index is 577. The van der Waals surface area contributed by atoms with Crippen LogP contribution in [0.1, 0.15) is 28.6 Å². The Balaban J connectivity index is 2.14. The molecule has 0 saturated carbocycles. The van der Waals surface area contributed by atoms with Crippen molar-refractivity contribution >= 4 is 17.5 Å². The van der Waals surface area contributed by atoms with E-state index in [0.29, 0.717) is 13.1 Å². The highest BCUT2D eigenvalue weighted by Gasteiger charge is 2.18. The average Bonchev–Trinajstić information content (AvgIpc) is 2.82. The van der Waals surface area contributed by atoms with E-state index in [0.717, 1.165) is 5.56 Å². The molecule has 4 heteroatoms. The van der Waals surface area contributed by atoms with Crippen molar-refractivity contribution in [1.29, 1.82) is 0 Å². The van der Waals surface area contributed by atoms with Crippen LogP contribution in [0.25, 0.3) is 0 Å². The van der Waals surface area contributed by atoms with Gasteiger partial charge in [-0.15, -0.1) is 0 Å². The Labute approximate surface area is 117 Å². The molecule has 0 aliphatic heterocycles. The van der Waals surface area contributed by atoms with Gasteiger partial charge >= 0.3 is 0 Å². The summed E-state index contributed by atoms with van der Waals surface area (Å²) in [5.74, 6) is 0.135. The number of nitrogens with zero attached hydrogens (tertiary/aromatic N) is 1. The third kappa shape index (κ3) is 3.38. The molecule has 0 aliphatic rings. The maximum atomic E-state index is 12.3. The van der Waals surface area contributed by atoms with Crippen LogP contribution in [0.4, 0.5) is 0 Å². The van der Waals surface area contributed by atoms with E-state index in [1.165, 1.54) is 5.56 Å². The number of furan rings is 1. The maximum Gasteiger partial charge on any atom is 0.289 e. The van der Waals surface area contributed by atoms with E-state index in [1.54, 1.807) is 17.0 Å². The fraction of sp³-hybridized carbons (Fsp3) is 0.267. The van der Waals surface area contributed by atoms with Crippen molar-refractivity contribution < 1.29 is 9.21 Å². The van der Waals surface area contributed by atoms with E-state index in [1.807, 2.05) is 32.0 Å². The number of carbonyl (C=O) groups is 1. The lowest BCUT2D eigenvalue weighted by Gasteiger charge is -2.19. The van der Waals surface area contributed by atoms with Crippen molar-refractivity contribution in [2.45, 2.75) is 20.4 Å². The highest BCUT2D eigenvalue weighted by atomic mass is 35.5. The van der Waals surface area contributed by atoms with Crippen molar-refractivity contribution in [2.24, 2.45) is 0 Å². The topological polar surface area (TPSA) is 33.5 Å². The second kappa shape index (κ2) is 5.93. The van der Waals surface area contributed by atoms with Gasteiger partial charge in [0.15, 0.2) is 11.0 Å². The smallest absolute Gasteiger partial charge is 0.289 e. The molecule has 2 aromatic rings. The van der Waals surface area contributed by atoms with Gasteiger partial charge in [0.05, 0.1) is 0 Å². The van der Waals surface area contributed by atoms with E-state index < -0.39 is 0 Å². The Morgan fingerprint density at radius 2 is 2.11 bits per heavy atom. The van der Waals surface area contributed by atoms with Gasteiger partial charge in [0.25, 0.3) is 5.91 Å². The lowest BCUT2D eigenvalue weighted by Crippen LogP contribution is -2.30. The Morgan fingerprint density at radius 1 is 1.32 bits per heavy atom. The van der Waals surface area contributed by atoms with Gasteiger partial charge in [-0.25, -0.2) is 0 Å². The minimum Gasteiger partial charge on any atom is -0.440 e. The molecule has 2 rings (SSSR count). The number of hydrogen-bond acceptors (Lipinski definition) is 2. The molecule has 1 aromatic carbocycles. The van der Waals surface area contributed by atoms with Crippen LogP contribution in [0.5, 0.6) is 0 Å². The Hall–Kier alpha value is -1.74. The zero-order valence-corrected chi connectivity index (χ0v) is 11.8. The van der Waals surface area contributed by atoms with Crippen LogP contribution >= 0.6 is 11.6 Å². The third-order valence-corrected chi connectivity index (χ3v) is 3.11. The number of rotatable bonds is 4. The quantitative estimate of drug-likeness (QED) is 0.849. The molecule has 0 aliphatic carbocycles. The van der Waals surface area contributed by atoms with Gasteiger partial charge in [0.2, 0.25) is 0 Å². The molecule has 0 bridgehead atoms. The molecule has 1 amide bonds. The van der Waals surface area contributed by atoms with Crippen LogP contribution in [0, 0.1) is 6.92 Å². The number of hydrogen-bond donors (Lipinski definition) is 0. The monoisotopic (exact) mass is 277 g/mol. The van der Waals surface area contributed by atoms with Gasteiger partial charge in [-0.3, -0.25) is 4.79 Å². The predicted molar refractivity (Wildman–Crippen MR) is 75.3 cm³/mol. The molecule has 19 heavy (non-hydrogen) atoms. The van der Waals surface area contributed by atoms with Crippen molar-refractivity contribution in [3.63, 3.8) is 0 Å². The minimum absolute atomic E-state index is 0.143. The van der Waals surface area contributed by atoms with Crippen LogP contribution in [-0.2, 0) is 6.54 Å². The average molecular weight is 278 g/mol. The zero-order chi connectivity index (χ0) is 13.8. The van der Waals surface area contributed by atoms with E-state index in [9.17, 15) is 4.79 Å². The first-order valence-electron chi connectivity index (χ1n) is 6.20. The van der Waals surface area contributed by atoms with Crippen LogP contribution in [-0.4, -0.2) is 17.4 Å². The first-order valence-corrected chi connectivity index (χ1v) is 6.58. The molecule has 0 spiro atoms. The summed E-state index contributed by atoms with van der Waals surface area (Å²) in [6.07, 6.45) is 0. The third-order valence-electron chi connectivity index (χ3n) is 2.91. The molecule has 0 radical (unpaired) electrons. The minimum atomic E-state index is -0.143. The summed E-state index contributed by atoms with van der Waals surface area (Å²) in [6, 6.07) is 11.3. The second-order valence-electron chi connectivity index (χ2n) is 4.41. The first-order chi connectivity index (χ1) is 9.10. The number of aryl methyl sites for hydroxylation is 1. The highest BCUT2D eigenvalue weighted by molar-refractivity contribution is 6.29. The van der Waals surface area contributed by atoms with Crippen molar-refractivity contribution in [3.05, 3.63) is 58.5 Å². The van der Waals surface area contributed by atoms with Crippen molar-refractivity contribution in [1.82, 2.24) is 4.90 Å². The number of halogens is 1. The second-order valence-corrected chi connectivity index (χ2v) is 4.78. The highest BCUT2D eigenvalue weighted by Crippen LogP contribution is 2.16. The summed E-state index contributed by atoms with van der Waals surface area (Å²) in [5.41, 5.74) is 2.29. The fourth-order valence-corrected chi connectivity index (χ4v) is 2.09. The largest absolute Gasteiger partial charge is 0.440 e. The summed E-state index contributed by atoms with van der Waals surface area (Å²) in [7, 11) is 0. The van der Waals surface area contributed by atoms with Crippen molar-refractivity contribution in [2.75, 3.05) is 6.54 Å². The predicted octanol–water partition coefficient (Wildman–Crippen LogP) is 3.90.